The summed E-state index contributed by atoms with van der Waals surface area (Å²) in [5.74, 6) is -0.444. The third-order valence-corrected chi connectivity index (χ3v) is 2.35. The topological polar surface area (TPSA) is 84.2 Å². The number of rotatable bonds is 4. The fourth-order valence-corrected chi connectivity index (χ4v) is 1.31. The van der Waals surface area contributed by atoms with Gasteiger partial charge in [0.2, 0.25) is 0 Å². The lowest BCUT2D eigenvalue weighted by atomic mass is 10.1. The number of nitrogens with one attached hydrogen (secondary N) is 2. The Morgan fingerprint density at radius 2 is 1.88 bits per heavy atom. The SMILES string of the molecule is CNC(=O)c1cccc(C(=O)N[C@@H](C)CN)c1. The fraction of sp³-hybridized carbons (Fsp3) is 0.333. The summed E-state index contributed by atoms with van der Waals surface area (Å²) < 4.78 is 0. The largest absolute Gasteiger partial charge is 0.355 e. The van der Waals surface area contributed by atoms with Crippen molar-refractivity contribution in [1.82, 2.24) is 10.6 Å². The van der Waals surface area contributed by atoms with Gasteiger partial charge in [-0.05, 0) is 25.1 Å². The highest BCUT2D eigenvalue weighted by atomic mass is 16.2. The summed E-state index contributed by atoms with van der Waals surface area (Å²) >= 11 is 0. The van der Waals surface area contributed by atoms with Crippen molar-refractivity contribution in [3.05, 3.63) is 35.4 Å². The van der Waals surface area contributed by atoms with Gasteiger partial charge >= 0.3 is 0 Å². The Morgan fingerprint density at radius 1 is 1.29 bits per heavy atom. The summed E-state index contributed by atoms with van der Waals surface area (Å²) in [4.78, 5) is 23.2. The molecule has 0 aliphatic heterocycles. The quantitative estimate of drug-likeness (QED) is 0.693. The normalized spacial score (nSPS) is 11.7. The molecule has 4 N–H and O–H groups in total. The van der Waals surface area contributed by atoms with Crippen molar-refractivity contribution in [2.75, 3.05) is 13.6 Å². The van der Waals surface area contributed by atoms with E-state index in [2.05, 4.69) is 10.6 Å². The third kappa shape index (κ3) is 3.57. The number of carbonyl (C=O) groups is 2. The predicted molar refractivity (Wildman–Crippen MR) is 65.8 cm³/mol. The summed E-state index contributed by atoms with van der Waals surface area (Å²) in [7, 11) is 1.55. The Hall–Kier alpha value is -1.88. The molecule has 0 radical (unpaired) electrons. The maximum absolute atomic E-state index is 11.8. The number of amides is 2. The highest BCUT2D eigenvalue weighted by Gasteiger charge is 2.10. The average Bonchev–Trinajstić information content (AvgIpc) is 2.37. The molecule has 0 heterocycles. The van der Waals surface area contributed by atoms with E-state index in [0.717, 1.165) is 0 Å². The van der Waals surface area contributed by atoms with Crippen LogP contribution in [0.15, 0.2) is 24.3 Å². The zero-order chi connectivity index (χ0) is 12.8. The second-order valence-electron chi connectivity index (χ2n) is 3.77. The molecule has 0 saturated carbocycles. The van der Waals surface area contributed by atoms with Crippen LogP contribution in [0, 0.1) is 0 Å². The average molecular weight is 235 g/mol. The van der Waals surface area contributed by atoms with Crippen molar-refractivity contribution in [3.63, 3.8) is 0 Å². The molecule has 2 amide bonds. The van der Waals surface area contributed by atoms with Crippen molar-refractivity contribution >= 4 is 11.8 Å². The summed E-state index contributed by atoms with van der Waals surface area (Å²) in [6, 6.07) is 6.45. The van der Waals surface area contributed by atoms with Gasteiger partial charge in [0, 0.05) is 30.8 Å². The minimum absolute atomic E-state index is 0.0915. The molecule has 0 spiro atoms. The Bertz CT molecular complexity index is 418. The minimum Gasteiger partial charge on any atom is -0.355 e. The summed E-state index contributed by atoms with van der Waals surface area (Å²) in [6.07, 6.45) is 0. The second-order valence-corrected chi connectivity index (χ2v) is 3.77. The van der Waals surface area contributed by atoms with E-state index in [-0.39, 0.29) is 17.9 Å². The zero-order valence-electron chi connectivity index (χ0n) is 9.99. The van der Waals surface area contributed by atoms with Crippen molar-refractivity contribution in [3.8, 4) is 0 Å². The molecule has 1 aromatic carbocycles. The summed E-state index contributed by atoms with van der Waals surface area (Å²) in [5.41, 5.74) is 6.33. The number of nitrogens with two attached hydrogens (primary N) is 1. The van der Waals surface area contributed by atoms with Crippen LogP contribution in [0.4, 0.5) is 0 Å². The van der Waals surface area contributed by atoms with Gasteiger partial charge in [-0.15, -0.1) is 0 Å². The first-order chi connectivity index (χ1) is 8.08. The maximum Gasteiger partial charge on any atom is 0.251 e. The third-order valence-electron chi connectivity index (χ3n) is 2.35. The van der Waals surface area contributed by atoms with E-state index in [1.807, 2.05) is 6.92 Å². The molecule has 0 aliphatic rings. The van der Waals surface area contributed by atoms with E-state index in [0.29, 0.717) is 17.7 Å². The molecule has 1 rings (SSSR count). The van der Waals surface area contributed by atoms with Crippen molar-refractivity contribution in [1.29, 1.82) is 0 Å². The van der Waals surface area contributed by atoms with Gasteiger partial charge in [0.25, 0.3) is 11.8 Å². The Balaban J connectivity index is 2.84. The van der Waals surface area contributed by atoms with Crippen LogP contribution in [-0.2, 0) is 0 Å². The molecule has 1 atom stereocenters. The van der Waals surface area contributed by atoms with Crippen LogP contribution in [0.3, 0.4) is 0 Å². The highest BCUT2D eigenvalue weighted by molar-refractivity contribution is 5.99. The lowest BCUT2D eigenvalue weighted by Crippen LogP contribution is -2.37. The van der Waals surface area contributed by atoms with Gasteiger partial charge in [-0.1, -0.05) is 6.07 Å². The molecule has 5 heteroatoms. The minimum atomic E-state index is -0.228. The second kappa shape index (κ2) is 6.00. The first-order valence-corrected chi connectivity index (χ1v) is 5.41. The van der Waals surface area contributed by atoms with Crippen LogP contribution in [0.25, 0.3) is 0 Å². The monoisotopic (exact) mass is 235 g/mol. The predicted octanol–water partition coefficient (Wildman–Crippen LogP) is 0.123. The molecule has 0 saturated heterocycles. The van der Waals surface area contributed by atoms with E-state index in [1.54, 1.807) is 31.3 Å². The van der Waals surface area contributed by atoms with Crippen molar-refractivity contribution in [2.45, 2.75) is 13.0 Å². The number of benzene rings is 1. The number of hydrogen-bond acceptors (Lipinski definition) is 3. The van der Waals surface area contributed by atoms with Crippen LogP contribution in [-0.4, -0.2) is 31.4 Å². The zero-order valence-corrected chi connectivity index (χ0v) is 9.99. The molecule has 0 bridgehead atoms. The van der Waals surface area contributed by atoms with Gasteiger partial charge in [-0.25, -0.2) is 0 Å². The Kier molecular flexibility index (Phi) is 4.66. The van der Waals surface area contributed by atoms with Crippen LogP contribution in [0.2, 0.25) is 0 Å². The molecule has 1 aromatic rings. The Labute approximate surface area is 100 Å². The van der Waals surface area contributed by atoms with Crippen LogP contribution in [0.1, 0.15) is 27.6 Å². The maximum atomic E-state index is 11.8. The molecule has 0 unspecified atom stereocenters. The highest BCUT2D eigenvalue weighted by Crippen LogP contribution is 2.05. The van der Waals surface area contributed by atoms with Gasteiger partial charge in [-0.3, -0.25) is 9.59 Å². The molecular formula is C12H17N3O2. The van der Waals surface area contributed by atoms with Gasteiger partial charge in [0.15, 0.2) is 0 Å². The van der Waals surface area contributed by atoms with E-state index < -0.39 is 0 Å². The van der Waals surface area contributed by atoms with Gasteiger partial charge in [0.1, 0.15) is 0 Å². The van der Waals surface area contributed by atoms with Gasteiger partial charge < -0.3 is 16.4 Å². The van der Waals surface area contributed by atoms with E-state index in [1.165, 1.54) is 0 Å². The van der Waals surface area contributed by atoms with E-state index in [4.69, 9.17) is 5.73 Å². The number of hydrogen-bond donors (Lipinski definition) is 3. The molecular weight excluding hydrogens is 218 g/mol. The van der Waals surface area contributed by atoms with Gasteiger partial charge in [-0.2, -0.15) is 0 Å². The first-order valence-electron chi connectivity index (χ1n) is 5.41. The fourth-order valence-electron chi connectivity index (χ4n) is 1.31. The van der Waals surface area contributed by atoms with E-state index in [9.17, 15) is 9.59 Å². The van der Waals surface area contributed by atoms with Crippen molar-refractivity contribution < 1.29 is 9.59 Å². The van der Waals surface area contributed by atoms with Gasteiger partial charge in [0.05, 0.1) is 0 Å². The lowest BCUT2D eigenvalue weighted by molar-refractivity contribution is 0.0941. The standard InChI is InChI=1S/C12H17N3O2/c1-8(7-13)15-12(17)10-5-3-4-9(6-10)11(16)14-2/h3-6,8H,7,13H2,1-2H3,(H,14,16)(H,15,17)/t8-/m0/s1. The smallest absolute Gasteiger partial charge is 0.251 e. The number of carbonyl (C=O) groups excluding carboxylic acids is 2. The van der Waals surface area contributed by atoms with E-state index >= 15 is 0 Å². The summed E-state index contributed by atoms with van der Waals surface area (Å²) in [5, 5.41) is 5.24. The van der Waals surface area contributed by atoms with Crippen LogP contribution in [0.5, 0.6) is 0 Å². The van der Waals surface area contributed by atoms with Crippen LogP contribution < -0.4 is 16.4 Å². The molecule has 0 fully saturated rings. The summed E-state index contributed by atoms with van der Waals surface area (Å²) in [6.45, 7) is 2.20. The van der Waals surface area contributed by atoms with Crippen LogP contribution >= 0.6 is 0 Å². The van der Waals surface area contributed by atoms with Crippen molar-refractivity contribution in [2.24, 2.45) is 5.73 Å². The molecule has 0 aliphatic carbocycles. The molecule has 17 heavy (non-hydrogen) atoms. The lowest BCUT2D eigenvalue weighted by Gasteiger charge is -2.11. The first kappa shape index (κ1) is 13.2. The molecule has 5 nitrogen and oxygen atoms in total. The Morgan fingerprint density at radius 3 is 2.41 bits per heavy atom. The molecule has 0 aromatic heterocycles. The molecule has 92 valence electrons.